The molecule has 0 amide bonds. The van der Waals surface area contributed by atoms with Crippen LogP contribution in [0.3, 0.4) is 0 Å². The molecule has 0 N–H and O–H groups in total. The van der Waals surface area contributed by atoms with Crippen molar-refractivity contribution in [2.24, 2.45) is 4.99 Å². The van der Waals surface area contributed by atoms with Gasteiger partial charge < -0.3 is 4.74 Å². The number of aliphatic imine (C=N–C) groups is 1. The van der Waals surface area contributed by atoms with Crippen LogP contribution in [-0.2, 0) is 11.2 Å². The number of fused-ring (bicyclic) bond motifs is 2. The highest BCUT2D eigenvalue weighted by atomic mass is 32.1. The minimum atomic E-state index is -0.335. The zero-order valence-corrected chi connectivity index (χ0v) is 21.7. The van der Waals surface area contributed by atoms with E-state index in [0.717, 1.165) is 49.0 Å². The third-order valence-corrected chi connectivity index (χ3v) is 7.85. The van der Waals surface area contributed by atoms with Gasteiger partial charge in [0.2, 0.25) is 0 Å². The highest BCUT2D eigenvalue weighted by Gasteiger charge is 2.41. The van der Waals surface area contributed by atoms with Crippen LogP contribution in [0.1, 0.15) is 61.3 Å². The Morgan fingerprint density at radius 2 is 1.41 bits per heavy atom. The molecule has 2 fully saturated rings. The third kappa shape index (κ3) is 6.58. The maximum Gasteiger partial charge on any atom is 0.123 e. The lowest BCUT2D eigenvalue weighted by Gasteiger charge is -2.40. The van der Waals surface area contributed by atoms with Gasteiger partial charge in [0, 0.05) is 12.1 Å². The first-order valence-corrected chi connectivity index (χ1v) is 13.6. The van der Waals surface area contributed by atoms with E-state index in [1.54, 1.807) is 24.3 Å². The van der Waals surface area contributed by atoms with Gasteiger partial charge in [-0.05, 0) is 117 Å². The summed E-state index contributed by atoms with van der Waals surface area (Å²) in [6, 6.07) is 22.2. The number of hydrogen-bond donors (Lipinski definition) is 0. The number of halogens is 2. The van der Waals surface area contributed by atoms with E-state index in [2.05, 4.69) is 39.4 Å². The molecule has 37 heavy (non-hydrogen) atoms. The Morgan fingerprint density at radius 1 is 0.838 bits per heavy atom. The summed E-state index contributed by atoms with van der Waals surface area (Å²) in [5, 5.41) is 2.41. The topological polar surface area (TPSA) is 24.8 Å². The van der Waals surface area contributed by atoms with Crippen molar-refractivity contribution >= 4 is 23.1 Å². The number of thiocarbonyl (C=S) groups is 1. The van der Waals surface area contributed by atoms with Crippen molar-refractivity contribution in [1.82, 2.24) is 4.90 Å². The monoisotopic (exact) mass is 518 g/mol. The van der Waals surface area contributed by atoms with Gasteiger partial charge in [0.25, 0.3) is 0 Å². The predicted molar refractivity (Wildman–Crippen MR) is 146 cm³/mol. The maximum atomic E-state index is 13.6. The van der Waals surface area contributed by atoms with Gasteiger partial charge in [0.05, 0.1) is 17.0 Å². The lowest BCUT2D eigenvalue weighted by molar-refractivity contribution is -0.0484. The second-order valence-electron chi connectivity index (χ2n) is 10.2. The Bertz CT molecular complexity index is 1150. The van der Waals surface area contributed by atoms with Crippen molar-refractivity contribution in [3.05, 3.63) is 101 Å². The van der Waals surface area contributed by atoms with E-state index >= 15 is 0 Å². The van der Waals surface area contributed by atoms with Crippen LogP contribution in [0.5, 0.6) is 0 Å². The normalized spacial score (nSPS) is 21.2. The molecule has 0 radical (unpaired) electrons. The molecular formula is C31H32F2N2OS. The van der Waals surface area contributed by atoms with Crippen molar-refractivity contribution in [3.8, 4) is 0 Å². The summed E-state index contributed by atoms with van der Waals surface area (Å²) in [5.41, 5.74) is 3.96. The fourth-order valence-electron chi connectivity index (χ4n) is 5.93. The Balaban J connectivity index is 1.17. The number of ether oxygens (including phenoxy) is 1. The largest absolute Gasteiger partial charge is 0.365 e. The fraction of sp³-hybridized carbons (Fsp3) is 0.387. The molecular weight excluding hydrogens is 486 g/mol. The van der Waals surface area contributed by atoms with E-state index in [9.17, 15) is 8.78 Å². The van der Waals surface area contributed by atoms with Crippen LogP contribution in [0.2, 0.25) is 0 Å². The Kier molecular flexibility index (Phi) is 8.52. The summed E-state index contributed by atoms with van der Waals surface area (Å²) in [7, 11) is 0. The quantitative estimate of drug-likeness (QED) is 0.155. The Hall–Kier alpha value is -2.76. The van der Waals surface area contributed by atoms with Crippen molar-refractivity contribution < 1.29 is 13.5 Å². The first-order chi connectivity index (χ1) is 18.1. The average Bonchev–Trinajstić information content (AvgIpc) is 3.14. The minimum Gasteiger partial charge on any atom is -0.365 e. The van der Waals surface area contributed by atoms with Crippen LogP contribution in [-0.4, -0.2) is 34.8 Å². The number of nitrogens with zero attached hydrogens (tertiary/aromatic N) is 2. The fourth-order valence-corrected chi connectivity index (χ4v) is 6.04. The van der Waals surface area contributed by atoms with Crippen molar-refractivity contribution in [2.75, 3.05) is 6.54 Å². The van der Waals surface area contributed by atoms with Crippen molar-refractivity contribution in [3.63, 3.8) is 0 Å². The summed E-state index contributed by atoms with van der Waals surface area (Å²) in [5.74, 6) is -0.546. The zero-order valence-electron chi connectivity index (χ0n) is 20.9. The second-order valence-corrected chi connectivity index (χ2v) is 10.3. The molecule has 2 bridgehead atoms. The molecule has 0 aliphatic carbocycles. The number of rotatable bonds is 10. The molecule has 2 atom stereocenters. The summed E-state index contributed by atoms with van der Waals surface area (Å²) in [4.78, 5) is 6.71. The molecule has 2 saturated heterocycles. The van der Waals surface area contributed by atoms with Crippen LogP contribution in [0.4, 0.5) is 14.5 Å². The number of piperidine rings is 1. The SMILES string of the molecule is Fc1ccc(C(OC2CC3CCC(C2)N3CCCCc2ccc(N=C=S)cc2)c2ccc(F)cc2)cc1. The highest BCUT2D eigenvalue weighted by molar-refractivity contribution is 7.78. The lowest BCUT2D eigenvalue weighted by atomic mass is 9.96. The van der Waals surface area contributed by atoms with Gasteiger partial charge in [0.15, 0.2) is 0 Å². The summed E-state index contributed by atoms with van der Waals surface area (Å²) in [6.45, 7) is 1.12. The number of hydrogen-bond acceptors (Lipinski definition) is 4. The van der Waals surface area contributed by atoms with Gasteiger partial charge in [-0.1, -0.05) is 36.4 Å². The minimum absolute atomic E-state index is 0.127. The molecule has 2 aliphatic rings. The van der Waals surface area contributed by atoms with Gasteiger partial charge in [-0.2, -0.15) is 4.99 Å². The Morgan fingerprint density at radius 3 is 1.95 bits per heavy atom. The molecule has 3 nitrogen and oxygen atoms in total. The summed E-state index contributed by atoms with van der Waals surface area (Å²) < 4.78 is 33.9. The van der Waals surface area contributed by atoms with E-state index in [4.69, 9.17) is 4.74 Å². The van der Waals surface area contributed by atoms with E-state index in [1.807, 2.05) is 12.1 Å². The molecule has 5 rings (SSSR count). The highest BCUT2D eigenvalue weighted by Crippen LogP contribution is 2.40. The van der Waals surface area contributed by atoms with Crippen molar-refractivity contribution in [2.45, 2.75) is 69.2 Å². The van der Waals surface area contributed by atoms with E-state index in [0.29, 0.717) is 12.1 Å². The number of isothiocyanates is 1. The molecule has 3 aromatic rings. The van der Waals surface area contributed by atoms with E-state index < -0.39 is 0 Å². The Labute approximate surface area is 223 Å². The summed E-state index contributed by atoms with van der Waals surface area (Å²) in [6.07, 6.45) is 7.60. The number of unbranched alkanes of at least 4 members (excludes halogenated alkanes) is 1. The molecule has 6 heteroatoms. The number of aryl methyl sites for hydroxylation is 1. The smallest absolute Gasteiger partial charge is 0.123 e. The molecule has 192 valence electrons. The van der Waals surface area contributed by atoms with Gasteiger partial charge in [0.1, 0.15) is 17.7 Å². The first-order valence-electron chi connectivity index (χ1n) is 13.2. The van der Waals surface area contributed by atoms with E-state index in [1.165, 1.54) is 49.1 Å². The van der Waals surface area contributed by atoms with Crippen molar-refractivity contribution in [1.29, 1.82) is 0 Å². The van der Waals surface area contributed by atoms with Crippen LogP contribution >= 0.6 is 12.2 Å². The number of benzene rings is 3. The lowest BCUT2D eigenvalue weighted by Crippen LogP contribution is -2.46. The van der Waals surface area contributed by atoms with Gasteiger partial charge in [-0.25, -0.2) is 8.78 Å². The standard InChI is InChI=1S/C31H32F2N2OS/c32-25-10-6-23(7-11-25)31(24-8-12-26(33)13-9-24)36-30-19-28-16-17-29(20-30)35(28)18-2-1-3-22-4-14-27(15-5-22)34-21-37/h4-15,28-31H,1-3,16-20H2. The predicted octanol–water partition coefficient (Wildman–Crippen LogP) is 7.82. The average molecular weight is 519 g/mol. The van der Waals surface area contributed by atoms with Gasteiger partial charge in [-0.15, -0.1) is 0 Å². The molecule has 0 saturated carbocycles. The van der Waals surface area contributed by atoms with Crippen LogP contribution in [0.15, 0.2) is 77.8 Å². The maximum absolute atomic E-state index is 13.6. The van der Waals surface area contributed by atoms with Gasteiger partial charge in [-0.3, -0.25) is 4.90 Å². The van der Waals surface area contributed by atoms with Crippen LogP contribution < -0.4 is 0 Å². The molecule has 2 heterocycles. The van der Waals surface area contributed by atoms with Gasteiger partial charge >= 0.3 is 0 Å². The first kappa shape index (κ1) is 25.9. The van der Waals surface area contributed by atoms with Crippen LogP contribution in [0, 0.1) is 11.6 Å². The van der Waals surface area contributed by atoms with E-state index in [-0.39, 0.29) is 23.8 Å². The molecule has 2 unspecified atom stereocenters. The summed E-state index contributed by atoms with van der Waals surface area (Å²) >= 11 is 4.67. The molecule has 0 aromatic heterocycles. The second kappa shape index (κ2) is 12.2. The zero-order chi connectivity index (χ0) is 25.6. The van der Waals surface area contributed by atoms with Crippen LogP contribution in [0.25, 0.3) is 0 Å². The molecule has 0 spiro atoms. The molecule has 2 aliphatic heterocycles. The third-order valence-electron chi connectivity index (χ3n) is 7.76. The molecule has 3 aromatic carbocycles.